The Labute approximate surface area is 229 Å². The van der Waals surface area contributed by atoms with Crippen molar-refractivity contribution in [2.24, 2.45) is 0 Å². The standard InChI is InChI=1S/C30H32N4O4S/c1-18-7-5-8-19(2)28(18)24-15-27-33-29(32-24)34-39(35,36)23-10-6-9-22(14-23)31-17-26(37-27)20-11-12-25-21(13-20)16-30(3,4)38-25/h6-7,9-15,26,31H,5,8,16-17H2,1-4H3,(H,32,33,34). The lowest BCUT2D eigenvalue weighted by molar-refractivity contribution is 0.138. The zero-order valence-corrected chi connectivity index (χ0v) is 23.4. The number of allylic oxidation sites excluding steroid dienone is 4. The summed E-state index contributed by atoms with van der Waals surface area (Å²) in [6.07, 6.45) is 4.46. The number of benzene rings is 2. The van der Waals surface area contributed by atoms with Gasteiger partial charge in [-0.3, -0.25) is 0 Å². The molecule has 8 nitrogen and oxygen atoms in total. The van der Waals surface area contributed by atoms with Crippen LogP contribution in [0.2, 0.25) is 0 Å². The van der Waals surface area contributed by atoms with Crippen LogP contribution in [0.3, 0.4) is 0 Å². The SMILES string of the molecule is CC1=CCCC(C)=C1c1cc2nc(n1)NS(=O)(=O)c1cccc(c1)NCC(c1ccc3c(c1)CC(C)(C)O3)O2. The van der Waals surface area contributed by atoms with Gasteiger partial charge in [0.1, 0.15) is 17.5 Å². The molecule has 2 aromatic carbocycles. The van der Waals surface area contributed by atoms with Crippen LogP contribution in [0.5, 0.6) is 11.6 Å². The van der Waals surface area contributed by atoms with Gasteiger partial charge in [-0.15, -0.1) is 0 Å². The third kappa shape index (κ3) is 5.11. The molecule has 6 rings (SSSR count). The number of hydrogen-bond acceptors (Lipinski definition) is 7. The molecule has 2 aliphatic heterocycles. The van der Waals surface area contributed by atoms with Crippen LogP contribution in [-0.4, -0.2) is 30.5 Å². The first-order valence-electron chi connectivity index (χ1n) is 13.2. The number of aromatic nitrogens is 2. The summed E-state index contributed by atoms with van der Waals surface area (Å²) >= 11 is 0. The van der Waals surface area contributed by atoms with Crippen molar-refractivity contribution >= 4 is 27.2 Å². The van der Waals surface area contributed by atoms with Crippen LogP contribution in [0, 0.1) is 0 Å². The molecule has 0 saturated heterocycles. The molecule has 3 aromatic rings. The summed E-state index contributed by atoms with van der Waals surface area (Å²) in [4.78, 5) is 9.27. The van der Waals surface area contributed by atoms with Crippen molar-refractivity contribution in [1.82, 2.24) is 9.97 Å². The van der Waals surface area contributed by atoms with Gasteiger partial charge >= 0.3 is 0 Å². The summed E-state index contributed by atoms with van der Waals surface area (Å²) in [6.45, 7) is 8.70. The van der Waals surface area contributed by atoms with Crippen LogP contribution in [0.15, 0.2) is 70.6 Å². The van der Waals surface area contributed by atoms with E-state index in [1.54, 1.807) is 24.3 Å². The number of nitrogens with one attached hydrogen (secondary N) is 2. The van der Waals surface area contributed by atoms with Crippen molar-refractivity contribution in [2.45, 2.75) is 63.6 Å². The topological polar surface area (TPSA) is 102 Å². The summed E-state index contributed by atoms with van der Waals surface area (Å²) in [5, 5.41) is 3.36. The second-order valence-corrected chi connectivity index (χ2v) is 12.7. The van der Waals surface area contributed by atoms with Crippen LogP contribution in [0.1, 0.15) is 63.5 Å². The van der Waals surface area contributed by atoms with E-state index in [1.165, 1.54) is 5.57 Å². The van der Waals surface area contributed by atoms with E-state index < -0.39 is 16.1 Å². The normalized spacial score (nSPS) is 21.1. The minimum atomic E-state index is -3.92. The maximum Gasteiger partial charge on any atom is 0.264 e. The first-order valence-corrected chi connectivity index (χ1v) is 14.7. The summed E-state index contributed by atoms with van der Waals surface area (Å²) in [5.74, 6) is 1.16. The minimum Gasteiger partial charge on any atom is -0.487 e. The maximum absolute atomic E-state index is 13.3. The van der Waals surface area contributed by atoms with E-state index in [0.717, 1.165) is 47.3 Å². The Kier molecular flexibility index (Phi) is 6.14. The molecule has 3 aliphatic rings. The monoisotopic (exact) mass is 544 g/mol. The molecule has 1 unspecified atom stereocenters. The largest absolute Gasteiger partial charge is 0.487 e. The summed E-state index contributed by atoms with van der Waals surface area (Å²) in [7, 11) is -3.92. The van der Waals surface area contributed by atoms with E-state index >= 15 is 0 Å². The molecule has 0 spiro atoms. The molecular weight excluding hydrogens is 512 g/mol. The van der Waals surface area contributed by atoms with Crippen molar-refractivity contribution in [2.75, 3.05) is 16.6 Å². The van der Waals surface area contributed by atoms with E-state index in [2.05, 4.69) is 59.8 Å². The van der Waals surface area contributed by atoms with Crippen molar-refractivity contribution in [3.8, 4) is 11.6 Å². The highest BCUT2D eigenvalue weighted by Crippen LogP contribution is 2.38. The number of rotatable bonds is 2. The van der Waals surface area contributed by atoms with E-state index in [0.29, 0.717) is 23.8 Å². The predicted octanol–water partition coefficient (Wildman–Crippen LogP) is 6.05. The highest BCUT2D eigenvalue weighted by molar-refractivity contribution is 7.92. The molecule has 0 radical (unpaired) electrons. The Morgan fingerprint density at radius 3 is 2.72 bits per heavy atom. The van der Waals surface area contributed by atoms with Gasteiger partial charge < -0.3 is 14.8 Å². The zero-order valence-electron chi connectivity index (χ0n) is 22.5. The van der Waals surface area contributed by atoms with Crippen LogP contribution in [0.4, 0.5) is 11.6 Å². The molecule has 2 N–H and O–H groups in total. The number of hydrogen-bond donors (Lipinski definition) is 2. The molecular formula is C30H32N4O4S. The Bertz CT molecular complexity index is 1640. The van der Waals surface area contributed by atoms with E-state index in [-0.39, 0.29) is 16.4 Å². The van der Waals surface area contributed by atoms with Crippen molar-refractivity contribution in [3.63, 3.8) is 0 Å². The number of nitrogens with zero attached hydrogens (tertiary/aromatic N) is 2. The number of ether oxygens (including phenoxy) is 2. The Hall–Kier alpha value is -3.85. The lowest BCUT2D eigenvalue weighted by atomic mass is 9.90. The zero-order chi connectivity index (χ0) is 27.4. The Morgan fingerprint density at radius 1 is 1.05 bits per heavy atom. The predicted molar refractivity (Wildman–Crippen MR) is 152 cm³/mol. The van der Waals surface area contributed by atoms with Crippen LogP contribution in [0.25, 0.3) is 5.57 Å². The molecule has 0 fully saturated rings. The van der Waals surface area contributed by atoms with Gasteiger partial charge in [0, 0.05) is 23.7 Å². The van der Waals surface area contributed by atoms with Gasteiger partial charge in [0.2, 0.25) is 11.8 Å². The van der Waals surface area contributed by atoms with Gasteiger partial charge in [-0.2, -0.15) is 4.98 Å². The van der Waals surface area contributed by atoms with Gasteiger partial charge in [0.25, 0.3) is 10.0 Å². The quantitative estimate of drug-likeness (QED) is 0.405. The molecule has 0 saturated carbocycles. The lowest BCUT2D eigenvalue weighted by Crippen LogP contribution is -2.24. The van der Waals surface area contributed by atoms with E-state index in [1.807, 2.05) is 18.2 Å². The van der Waals surface area contributed by atoms with Crippen molar-refractivity contribution in [3.05, 3.63) is 82.6 Å². The fourth-order valence-corrected chi connectivity index (χ4v) is 6.50. The average Bonchev–Trinajstić information content (AvgIpc) is 3.19. The molecule has 39 heavy (non-hydrogen) atoms. The first-order chi connectivity index (χ1) is 18.6. The maximum atomic E-state index is 13.3. The van der Waals surface area contributed by atoms with Crippen LogP contribution < -0.4 is 19.5 Å². The smallest absolute Gasteiger partial charge is 0.264 e. The second-order valence-electron chi connectivity index (χ2n) is 11.0. The molecule has 1 atom stereocenters. The first kappa shape index (κ1) is 25.4. The van der Waals surface area contributed by atoms with Gasteiger partial charge in [-0.05, 0) is 87.6 Å². The third-order valence-electron chi connectivity index (χ3n) is 7.33. The summed E-state index contributed by atoms with van der Waals surface area (Å²) < 4.78 is 41.7. The van der Waals surface area contributed by atoms with Gasteiger partial charge in [-0.25, -0.2) is 18.1 Å². The van der Waals surface area contributed by atoms with Crippen molar-refractivity contribution in [1.29, 1.82) is 0 Å². The minimum absolute atomic E-state index is 0.0250. The Balaban J connectivity index is 1.47. The molecule has 9 heteroatoms. The van der Waals surface area contributed by atoms with E-state index in [9.17, 15) is 8.42 Å². The Morgan fingerprint density at radius 2 is 1.90 bits per heavy atom. The molecule has 0 amide bonds. The molecule has 1 aromatic heterocycles. The molecule has 1 aliphatic carbocycles. The number of anilines is 2. The van der Waals surface area contributed by atoms with Gasteiger partial charge in [-0.1, -0.05) is 23.8 Å². The van der Waals surface area contributed by atoms with Crippen LogP contribution in [-0.2, 0) is 16.4 Å². The fourth-order valence-electron chi connectivity index (χ4n) is 5.51. The van der Waals surface area contributed by atoms with Gasteiger partial charge in [0.15, 0.2) is 0 Å². The second kappa shape index (κ2) is 9.41. The summed E-state index contributed by atoms with van der Waals surface area (Å²) in [6, 6.07) is 14.6. The highest BCUT2D eigenvalue weighted by Gasteiger charge is 2.31. The van der Waals surface area contributed by atoms with Crippen molar-refractivity contribution < 1.29 is 17.9 Å². The van der Waals surface area contributed by atoms with Gasteiger partial charge in [0.05, 0.1) is 17.1 Å². The van der Waals surface area contributed by atoms with Crippen LogP contribution >= 0.6 is 0 Å². The average molecular weight is 545 g/mol. The fraction of sp³-hybridized carbons (Fsp3) is 0.333. The molecule has 4 bridgehead atoms. The number of sulfonamides is 1. The third-order valence-corrected chi connectivity index (χ3v) is 8.66. The highest BCUT2D eigenvalue weighted by atomic mass is 32.2. The van der Waals surface area contributed by atoms with E-state index in [4.69, 9.17) is 9.47 Å². The summed E-state index contributed by atoms with van der Waals surface area (Å²) in [5.41, 5.74) is 6.45. The molecule has 3 heterocycles. The molecule has 202 valence electrons. The lowest BCUT2D eigenvalue weighted by Gasteiger charge is -2.23. The number of fused-ring (bicyclic) bond motifs is 5.